The fourth-order valence-electron chi connectivity index (χ4n) is 1.35. The van der Waals surface area contributed by atoms with Gasteiger partial charge in [-0.1, -0.05) is 43.0 Å². The molecule has 0 bridgehead atoms. The van der Waals surface area contributed by atoms with Crippen LogP contribution in [-0.4, -0.2) is 11.5 Å². The largest absolute Gasteiger partial charge is 0.434 e. The molecule has 0 saturated heterocycles. The van der Waals surface area contributed by atoms with Crippen molar-refractivity contribution >= 4 is 5.97 Å². The molecule has 3 heteroatoms. The second-order valence-electron chi connectivity index (χ2n) is 3.48. The Balaban J connectivity index is 2.85. The molecular weight excluding hydrogens is 202 g/mol. The molecule has 1 unspecified atom stereocenters. The minimum Gasteiger partial charge on any atom is -0.434 e. The lowest BCUT2D eigenvalue weighted by molar-refractivity contribution is -0.142. The van der Waals surface area contributed by atoms with Gasteiger partial charge in [0.2, 0.25) is 0 Å². The Labute approximate surface area is 95.2 Å². The van der Waals surface area contributed by atoms with Crippen molar-refractivity contribution in [2.75, 3.05) is 0 Å². The van der Waals surface area contributed by atoms with E-state index in [0.29, 0.717) is 6.42 Å². The van der Waals surface area contributed by atoms with E-state index in [4.69, 9.17) is 10.5 Å². The molecule has 0 spiro atoms. The third-order valence-electron chi connectivity index (χ3n) is 2.27. The van der Waals surface area contributed by atoms with Crippen LogP contribution >= 0.6 is 0 Å². The predicted molar refractivity (Wildman–Crippen MR) is 63.6 cm³/mol. The molecule has 16 heavy (non-hydrogen) atoms. The maximum atomic E-state index is 11.6. The topological polar surface area (TPSA) is 52.3 Å². The molecule has 0 aliphatic heterocycles. The highest BCUT2D eigenvalue weighted by Gasteiger charge is 2.32. The van der Waals surface area contributed by atoms with E-state index in [2.05, 4.69) is 13.2 Å². The van der Waals surface area contributed by atoms with Crippen molar-refractivity contribution < 1.29 is 9.53 Å². The van der Waals surface area contributed by atoms with Crippen LogP contribution in [0.2, 0.25) is 0 Å². The van der Waals surface area contributed by atoms with Crippen molar-refractivity contribution in [3.63, 3.8) is 0 Å². The Hall–Kier alpha value is -1.87. The van der Waals surface area contributed by atoms with Crippen molar-refractivity contribution in [3.05, 3.63) is 61.4 Å². The fraction of sp³-hybridized carbons (Fsp3) is 0.154. The summed E-state index contributed by atoms with van der Waals surface area (Å²) in [6, 6.07) is 9.46. The van der Waals surface area contributed by atoms with Gasteiger partial charge in [-0.15, -0.1) is 6.58 Å². The highest BCUT2D eigenvalue weighted by atomic mass is 16.5. The first kappa shape index (κ1) is 12.2. The summed E-state index contributed by atoms with van der Waals surface area (Å²) in [5.41, 5.74) is 5.66. The van der Waals surface area contributed by atoms with Crippen molar-refractivity contribution in [1.82, 2.24) is 0 Å². The molecule has 1 rings (SSSR count). The Bertz CT molecular complexity index is 386. The number of ether oxygens (including phenoxy) is 1. The van der Waals surface area contributed by atoms with Gasteiger partial charge in [0.05, 0.1) is 6.26 Å². The first-order valence-corrected chi connectivity index (χ1v) is 4.91. The minimum atomic E-state index is -1.21. The third kappa shape index (κ3) is 2.81. The Morgan fingerprint density at radius 1 is 1.38 bits per heavy atom. The van der Waals surface area contributed by atoms with E-state index in [1.807, 2.05) is 30.3 Å². The maximum Gasteiger partial charge on any atom is 0.335 e. The number of carbonyl (C=O) groups excluding carboxylic acids is 1. The molecule has 0 saturated carbocycles. The van der Waals surface area contributed by atoms with Gasteiger partial charge in [-0.2, -0.15) is 0 Å². The van der Waals surface area contributed by atoms with E-state index >= 15 is 0 Å². The van der Waals surface area contributed by atoms with Crippen molar-refractivity contribution in [2.45, 2.75) is 12.0 Å². The van der Waals surface area contributed by atoms with E-state index in [0.717, 1.165) is 11.8 Å². The molecule has 2 N–H and O–H groups in total. The zero-order chi connectivity index (χ0) is 12.0. The molecule has 1 aromatic rings. The molecule has 3 nitrogen and oxygen atoms in total. The van der Waals surface area contributed by atoms with Crippen LogP contribution in [0.1, 0.15) is 5.56 Å². The number of esters is 1. The minimum absolute atomic E-state index is 0.351. The summed E-state index contributed by atoms with van der Waals surface area (Å²) in [6.45, 7) is 6.89. The molecule has 0 amide bonds. The molecule has 0 aliphatic carbocycles. The Morgan fingerprint density at radius 3 is 2.50 bits per heavy atom. The lowest BCUT2D eigenvalue weighted by atomic mass is 9.92. The lowest BCUT2D eigenvalue weighted by Crippen LogP contribution is -2.48. The van der Waals surface area contributed by atoms with Gasteiger partial charge in [0, 0.05) is 6.42 Å². The quantitative estimate of drug-likeness (QED) is 0.465. The number of benzene rings is 1. The SMILES string of the molecule is C=COC(=O)C(N)(C=C)Cc1ccccc1. The molecule has 1 atom stereocenters. The summed E-state index contributed by atoms with van der Waals surface area (Å²) in [4.78, 5) is 11.6. The van der Waals surface area contributed by atoms with E-state index in [1.54, 1.807) is 0 Å². The number of hydrogen-bond acceptors (Lipinski definition) is 3. The van der Waals surface area contributed by atoms with Gasteiger partial charge in [0.1, 0.15) is 5.54 Å². The van der Waals surface area contributed by atoms with Crippen LogP contribution in [0.4, 0.5) is 0 Å². The summed E-state index contributed by atoms with van der Waals surface area (Å²) < 4.78 is 4.70. The molecule has 0 aliphatic rings. The molecule has 84 valence electrons. The number of nitrogens with two attached hydrogens (primary N) is 1. The second kappa shape index (κ2) is 5.28. The third-order valence-corrected chi connectivity index (χ3v) is 2.27. The fourth-order valence-corrected chi connectivity index (χ4v) is 1.35. The lowest BCUT2D eigenvalue weighted by Gasteiger charge is -2.22. The smallest absolute Gasteiger partial charge is 0.335 e. The van der Waals surface area contributed by atoms with Crippen molar-refractivity contribution in [1.29, 1.82) is 0 Å². The molecular formula is C13H15NO2. The highest BCUT2D eigenvalue weighted by molar-refractivity contribution is 5.83. The van der Waals surface area contributed by atoms with Gasteiger partial charge in [-0.25, -0.2) is 4.79 Å². The van der Waals surface area contributed by atoms with Crippen molar-refractivity contribution in [3.8, 4) is 0 Å². The molecule has 0 fully saturated rings. The zero-order valence-corrected chi connectivity index (χ0v) is 9.06. The Kier molecular flexibility index (Phi) is 4.03. The van der Waals surface area contributed by atoms with Gasteiger partial charge in [-0.05, 0) is 5.56 Å². The molecule has 0 aromatic heterocycles. The summed E-state index contributed by atoms with van der Waals surface area (Å²) in [7, 11) is 0. The first-order chi connectivity index (χ1) is 7.62. The molecule has 0 heterocycles. The summed E-state index contributed by atoms with van der Waals surface area (Å²) >= 11 is 0. The summed E-state index contributed by atoms with van der Waals surface area (Å²) in [5, 5.41) is 0. The standard InChI is InChI=1S/C13H15NO2/c1-3-13(14,12(15)16-4-2)10-11-8-6-5-7-9-11/h3-9H,1-2,10,14H2. The van der Waals surface area contributed by atoms with Gasteiger partial charge < -0.3 is 10.5 Å². The van der Waals surface area contributed by atoms with Gasteiger partial charge in [0.25, 0.3) is 0 Å². The van der Waals surface area contributed by atoms with E-state index in [-0.39, 0.29) is 0 Å². The first-order valence-electron chi connectivity index (χ1n) is 4.91. The normalized spacial score (nSPS) is 13.6. The molecule has 1 aromatic carbocycles. The zero-order valence-electron chi connectivity index (χ0n) is 9.06. The second-order valence-corrected chi connectivity index (χ2v) is 3.48. The van der Waals surface area contributed by atoms with Crippen LogP contribution in [-0.2, 0) is 16.0 Å². The highest BCUT2D eigenvalue weighted by Crippen LogP contribution is 2.14. The van der Waals surface area contributed by atoms with E-state index in [9.17, 15) is 4.79 Å². The van der Waals surface area contributed by atoms with E-state index < -0.39 is 11.5 Å². The van der Waals surface area contributed by atoms with Gasteiger partial charge in [0.15, 0.2) is 0 Å². The van der Waals surface area contributed by atoms with Crippen LogP contribution in [0.3, 0.4) is 0 Å². The van der Waals surface area contributed by atoms with Crippen LogP contribution in [0.15, 0.2) is 55.8 Å². The summed E-state index contributed by atoms with van der Waals surface area (Å²) in [6.07, 6.45) is 2.81. The summed E-state index contributed by atoms with van der Waals surface area (Å²) in [5.74, 6) is -0.554. The average Bonchev–Trinajstić information content (AvgIpc) is 2.30. The van der Waals surface area contributed by atoms with Crippen LogP contribution in [0.5, 0.6) is 0 Å². The van der Waals surface area contributed by atoms with Crippen LogP contribution < -0.4 is 5.73 Å². The Morgan fingerprint density at radius 2 is 2.00 bits per heavy atom. The predicted octanol–water partition coefficient (Wildman–Crippen LogP) is 1.80. The van der Waals surface area contributed by atoms with Gasteiger partial charge >= 0.3 is 5.97 Å². The van der Waals surface area contributed by atoms with Crippen LogP contribution in [0, 0.1) is 0 Å². The number of hydrogen-bond donors (Lipinski definition) is 1. The number of carbonyl (C=O) groups is 1. The molecule has 0 radical (unpaired) electrons. The van der Waals surface area contributed by atoms with Crippen LogP contribution in [0.25, 0.3) is 0 Å². The number of rotatable bonds is 5. The maximum absolute atomic E-state index is 11.6. The van der Waals surface area contributed by atoms with Crippen molar-refractivity contribution in [2.24, 2.45) is 5.73 Å². The average molecular weight is 217 g/mol. The van der Waals surface area contributed by atoms with E-state index in [1.165, 1.54) is 6.08 Å². The monoisotopic (exact) mass is 217 g/mol. The van der Waals surface area contributed by atoms with Gasteiger partial charge in [-0.3, -0.25) is 0 Å².